The fourth-order valence-corrected chi connectivity index (χ4v) is 1.32. The van der Waals surface area contributed by atoms with Gasteiger partial charge in [-0.05, 0) is 18.4 Å². The number of hydrogen-bond donors (Lipinski definition) is 1. The maximum absolute atomic E-state index is 3.33. The van der Waals surface area contributed by atoms with Crippen molar-refractivity contribution in [3.8, 4) is 0 Å². The molecule has 1 N–H and O–H groups in total. The molecule has 1 nitrogen and oxygen atoms in total. The van der Waals surface area contributed by atoms with Crippen LogP contribution in [0.25, 0.3) is 0 Å². The summed E-state index contributed by atoms with van der Waals surface area (Å²) in [6.07, 6.45) is 3.63. The van der Waals surface area contributed by atoms with E-state index < -0.39 is 0 Å². The van der Waals surface area contributed by atoms with Crippen LogP contribution in [0.5, 0.6) is 0 Å². The Balaban J connectivity index is 2.53. The standard InChI is InChI=1S/C9H17N/c1-9(2,3)6-8-4-5-10-7-8/h6,10H,4-5,7H2,1-3H3/b8-6+. The molecule has 1 aliphatic heterocycles. The fourth-order valence-electron chi connectivity index (χ4n) is 1.32. The zero-order chi connectivity index (χ0) is 7.61. The van der Waals surface area contributed by atoms with Crippen molar-refractivity contribution in [2.75, 3.05) is 13.1 Å². The summed E-state index contributed by atoms with van der Waals surface area (Å²) in [5.41, 5.74) is 1.94. The third-order valence-electron chi connectivity index (χ3n) is 1.61. The summed E-state index contributed by atoms with van der Waals surface area (Å²) in [6.45, 7) is 9.02. The van der Waals surface area contributed by atoms with Gasteiger partial charge in [0.1, 0.15) is 0 Å². The Morgan fingerprint density at radius 3 is 2.50 bits per heavy atom. The van der Waals surface area contributed by atoms with E-state index in [4.69, 9.17) is 0 Å². The van der Waals surface area contributed by atoms with Crippen LogP contribution >= 0.6 is 0 Å². The van der Waals surface area contributed by atoms with Crippen molar-refractivity contribution in [3.05, 3.63) is 11.6 Å². The molecule has 1 aliphatic rings. The second-order valence-corrected chi connectivity index (χ2v) is 4.10. The van der Waals surface area contributed by atoms with Gasteiger partial charge in [0.05, 0.1) is 0 Å². The molecule has 0 saturated carbocycles. The molecule has 0 unspecified atom stereocenters. The van der Waals surface area contributed by atoms with Crippen molar-refractivity contribution >= 4 is 0 Å². The van der Waals surface area contributed by atoms with Crippen LogP contribution in [0.15, 0.2) is 11.6 Å². The minimum atomic E-state index is 0.362. The summed E-state index contributed by atoms with van der Waals surface area (Å²) in [7, 11) is 0. The Morgan fingerprint density at radius 2 is 2.10 bits per heavy atom. The maximum atomic E-state index is 3.33. The van der Waals surface area contributed by atoms with Gasteiger partial charge >= 0.3 is 0 Å². The lowest BCUT2D eigenvalue weighted by Crippen LogP contribution is -2.06. The first-order chi connectivity index (χ1) is 4.58. The second kappa shape index (κ2) is 2.75. The summed E-state index contributed by atoms with van der Waals surface area (Å²) >= 11 is 0. The van der Waals surface area contributed by atoms with Crippen LogP contribution in [0.1, 0.15) is 27.2 Å². The van der Waals surface area contributed by atoms with Crippen molar-refractivity contribution in [3.63, 3.8) is 0 Å². The van der Waals surface area contributed by atoms with Crippen LogP contribution in [-0.2, 0) is 0 Å². The van der Waals surface area contributed by atoms with Crippen LogP contribution in [0, 0.1) is 5.41 Å². The molecule has 1 saturated heterocycles. The van der Waals surface area contributed by atoms with Gasteiger partial charge in [-0.15, -0.1) is 0 Å². The van der Waals surface area contributed by atoms with E-state index >= 15 is 0 Å². The molecular weight excluding hydrogens is 122 g/mol. The average Bonchev–Trinajstić information content (AvgIpc) is 2.12. The molecule has 1 heteroatoms. The van der Waals surface area contributed by atoms with Gasteiger partial charge in [-0.25, -0.2) is 0 Å². The molecule has 0 spiro atoms. The Morgan fingerprint density at radius 1 is 1.40 bits per heavy atom. The van der Waals surface area contributed by atoms with Crippen molar-refractivity contribution in [1.29, 1.82) is 0 Å². The van der Waals surface area contributed by atoms with E-state index in [1.165, 1.54) is 13.0 Å². The third-order valence-corrected chi connectivity index (χ3v) is 1.61. The van der Waals surface area contributed by atoms with E-state index in [2.05, 4.69) is 32.2 Å². The highest BCUT2D eigenvalue weighted by atomic mass is 14.9. The molecule has 1 fully saturated rings. The number of nitrogens with one attached hydrogen (secondary N) is 1. The van der Waals surface area contributed by atoms with Crippen molar-refractivity contribution in [2.24, 2.45) is 5.41 Å². The molecule has 0 amide bonds. The molecule has 1 heterocycles. The first-order valence-electron chi connectivity index (χ1n) is 3.99. The number of rotatable bonds is 0. The molecule has 58 valence electrons. The molecule has 0 atom stereocenters. The largest absolute Gasteiger partial charge is 0.313 e. The Labute approximate surface area is 63.5 Å². The van der Waals surface area contributed by atoms with Crippen LogP contribution in [0.2, 0.25) is 0 Å². The van der Waals surface area contributed by atoms with Crippen LogP contribution in [0.4, 0.5) is 0 Å². The molecule has 0 aromatic rings. The molecule has 0 bridgehead atoms. The molecule has 10 heavy (non-hydrogen) atoms. The number of hydrogen-bond acceptors (Lipinski definition) is 1. The fraction of sp³-hybridized carbons (Fsp3) is 0.778. The quantitative estimate of drug-likeness (QED) is 0.506. The van der Waals surface area contributed by atoms with E-state index in [-0.39, 0.29) is 0 Å². The second-order valence-electron chi connectivity index (χ2n) is 4.10. The SMILES string of the molecule is CC(C)(C)/C=C1\CCNC1. The zero-order valence-corrected chi connectivity index (χ0v) is 7.20. The maximum Gasteiger partial charge on any atom is 0.0165 e. The summed E-state index contributed by atoms with van der Waals surface area (Å²) in [5.74, 6) is 0. The molecule has 0 aromatic heterocycles. The molecule has 0 radical (unpaired) electrons. The molecule has 0 aliphatic carbocycles. The Hall–Kier alpha value is -0.300. The van der Waals surface area contributed by atoms with Crippen molar-refractivity contribution in [2.45, 2.75) is 27.2 Å². The molecule has 0 aromatic carbocycles. The summed E-state index contributed by atoms with van der Waals surface area (Å²) < 4.78 is 0. The van der Waals surface area contributed by atoms with E-state index in [0.717, 1.165) is 6.54 Å². The highest BCUT2D eigenvalue weighted by Crippen LogP contribution is 2.19. The monoisotopic (exact) mass is 139 g/mol. The van der Waals surface area contributed by atoms with Gasteiger partial charge in [-0.3, -0.25) is 0 Å². The molecular formula is C9H17N. The van der Waals surface area contributed by atoms with Gasteiger partial charge in [0.25, 0.3) is 0 Å². The average molecular weight is 139 g/mol. The van der Waals surface area contributed by atoms with Crippen LogP contribution in [0.3, 0.4) is 0 Å². The van der Waals surface area contributed by atoms with Crippen LogP contribution in [-0.4, -0.2) is 13.1 Å². The van der Waals surface area contributed by atoms with Crippen molar-refractivity contribution in [1.82, 2.24) is 5.32 Å². The lowest BCUT2D eigenvalue weighted by Gasteiger charge is -2.13. The normalized spacial score (nSPS) is 24.1. The van der Waals surface area contributed by atoms with Gasteiger partial charge in [0.2, 0.25) is 0 Å². The first-order valence-corrected chi connectivity index (χ1v) is 3.99. The van der Waals surface area contributed by atoms with Crippen LogP contribution < -0.4 is 5.32 Å². The van der Waals surface area contributed by atoms with Gasteiger partial charge in [-0.1, -0.05) is 32.4 Å². The van der Waals surface area contributed by atoms with Gasteiger partial charge < -0.3 is 5.32 Å². The topological polar surface area (TPSA) is 12.0 Å². The minimum Gasteiger partial charge on any atom is -0.313 e. The first kappa shape index (κ1) is 7.80. The highest BCUT2D eigenvalue weighted by molar-refractivity contribution is 5.12. The Bertz CT molecular complexity index is 131. The van der Waals surface area contributed by atoms with Gasteiger partial charge in [0, 0.05) is 6.54 Å². The predicted octanol–water partition coefficient (Wildman–Crippen LogP) is 1.95. The summed E-state index contributed by atoms with van der Waals surface area (Å²) in [6, 6.07) is 0. The minimum absolute atomic E-state index is 0.362. The zero-order valence-electron chi connectivity index (χ0n) is 7.20. The van der Waals surface area contributed by atoms with E-state index in [1.807, 2.05) is 0 Å². The van der Waals surface area contributed by atoms with E-state index in [1.54, 1.807) is 5.57 Å². The predicted molar refractivity (Wildman–Crippen MR) is 45.0 cm³/mol. The highest BCUT2D eigenvalue weighted by Gasteiger charge is 2.11. The summed E-state index contributed by atoms with van der Waals surface area (Å²) in [4.78, 5) is 0. The third kappa shape index (κ3) is 2.53. The van der Waals surface area contributed by atoms with E-state index in [9.17, 15) is 0 Å². The molecule has 1 rings (SSSR count). The smallest absolute Gasteiger partial charge is 0.0165 e. The summed E-state index contributed by atoms with van der Waals surface area (Å²) in [5, 5.41) is 3.33. The van der Waals surface area contributed by atoms with Gasteiger partial charge in [-0.2, -0.15) is 0 Å². The lowest BCUT2D eigenvalue weighted by molar-refractivity contribution is 0.538. The van der Waals surface area contributed by atoms with E-state index in [0.29, 0.717) is 5.41 Å². The Kier molecular flexibility index (Phi) is 2.14. The van der Waals surface area contributed by atoms with Crippen molar-refractivity contribution < 1.29 is 0 Å². The van der Waals surface area contributed by atoms with Gasteiger partial charge in [0.15, 0.2) is 0 Å². The lowest BCUT2D eigenvalue weighted by atomic mass is 9.93. The number of allylic oxidation sites excluding steroid dienone is 1.